The van der Waals surface area contributed by atoms with E-state index in [9.17, 15) is 21.6 Å². The molecule has 0 unspecified atom stereocenters. The zero-order valence-corrected chi connectivity index (χ0v) is 10.9. The van der Waals surface area contributed by atoms with Crippen LogP contribution in [0.2, 0.25) is 0 Å². The van der Waals surface area contributed by atoms with Gasteiger partial charge < -0.3 is 0 Å². The molecular formula is C8H2BrClF3NO2S. The van der Waals surface area contributed by atoms with Gasteiger partial charge in [0.1, 0.15) is 6.07 Å². The third-order valence-corrected chi connectivity index (χ3v) is 3.72. The first-order valence-electron chi connectivity index (χ1n) is 3.83. The van der Waals surface area contributed by atoms with Crippen molar-refractivity contribution in [2.24, 2.45) is 0 Å². The molecule has 0 aliphatic heterocycles. The van der Waals surface area contributed by atoms with Crippen molar-refractivity contribution in [2.75, 3.05) is 0 Å². The van der Waals surface area contributed by atoms with E-state index in [1.165, 1.54) is 6.07 Å². The summed E-state index contributed by atoms with van der Waals surface area (Å²) in [7, 11) is 0.649. The summed E-state index contributed by atoms with van der Waals surface area (Å²) in [5.41, 5.74) is -2.05. The summed E-state index contributed by atoms with van der Waals surface area (Å²) in [6, 6.07) is 2.51. The fourth-order valence-electron chi connectivity index (χ4n) is 1.06. The summed E-state index contributed by atoms with van der Waals surface area (Å²) < 4.78 is 59.4. The van der Waals surface area contributed by atoms with Crippen molar-refractivity contribution >= 4 is 35.7 Å². The molecule has 0 aliphatic carbocycles. The minimum atomic E-state index is -4.84. The van der Waals surface area contributed by atoms with Gasteiger partial charge >= 0.3 is 6.18 Å². The van der Waals surface area contributed by atoms with Crippen LogP contribution >= 0.6 is 26.6 Å². The number of rotatable bonds is 1. The summed E-state index contributed by atoms with van der Waals surface area (Å²) >= 11 is 2.70. The van der Waals surface area contributed by atoms with Crippen molar-refractivity contribution in [3.63, 3.8) is 0 Å². The molecule has 0 saturated heterocycles. The van der Waals surface area contributed by atoms with E-state index in [0.29, 0.717) is 6.07 Å². The van der Waals surface area contributed by atoms with Gasteiger partial charge in [0.25, 0.3) is 9.05 Å². The highest BCUT2D eigenvalue weighted by Gasteiger charge is 2.36. The minimum absolute atomic E-state index is 0.283. The van der Waals surface area contributed by atoms with E-state index in [4.69, 9.17) is 15.9 Å². The Morgan fingerprint density at radius 1 is 1.35 bits per heavy atom. The molecule has 1 aromatic rings. The van der Waals surface area contributed by atoms with Gasteiger partial charge in [-0.25, -0.2) is 8.42 Å². The number of nitrogens with zero attached hydrogens (tertiary/aromatic N) is 1. The SMILES string of the molecule is N#Cc1c(Br)cc(S(=O)(=O)Cl)cc1C(F)(F)F. The maximum Gasteiger partial charge on any atom is 0.417 e. The Labute approximate surface area is 107 Å². The van der Waals surface area contributed by atoms with Crippen LogP contribution in [0.1, 0.15) is 11.1 Å². The van der Waals surface area contributed by atoms with Gasteiger partial charge in [-0.05, 0) is 28.1 Å². The fourth-order valence-corrected chi connectivity index (χ4v) is 2.54. The molecule has 0 amide bonds. The van der Waals surface area contributed by atoms with Crippen molar-refractivity contribution in [1.82, 2.24) is 0 Å². The zero-order chi connectivity index (χ0) is 13.4. The van der Waals surface area contributed by atoms with Gasteiger partial charge in [0, 0.05) is 15.2 Å². The van der Waals surface area contributed by atoms with E-state index < -0.39 is 31.2 Å². The topological polar surface area (TPSA) is 57.9 Å². The molecule has 1 rings (SSSR count). The number of alkyl halides is 3. The highest BCUT2D eigenvalue weighted by Crippen LogP contribution is 2.37. The molecule has 92 valence electrons. The molecule has 9 heteroatoms. The smallest absolute Gasteiger partial charge is 0.207 e. The molecule has 0 spiro atoms. The van der Waals surface area contributed by atoms with E-state index in [0.717, 1.165) is 6.07 Å². The summed E-state index contributed by atoms with van der Waals surface area (Å²) in [4.78, 5) is -0.725. The van der Waals surface area contributed by atoms with Crippen molar-refractivity contribution in [3.05, 3.63) is 27.7 Å². The van der Waals surface area contributed by atoms with Gasteiger partial charge in [-0.3, -0.25) is 0 Å². The second kappa shape index (κ2) is 4.48. The van der Waals surface area contributed by atoms with Crippen molar-refractivity contribution < 1.29 is 21.6 Å². The fraction of sp³-hybridized carbons (Fsp3) is 0.125. The summed E-state index contributed by atoms with van der Waals surface area (Å²) in [5.74, 6) is 0. The Kier molecular flexibility index (Phi) is 3.76. The molecule has 0 radical (unpaired) electrons. The van der Waals surface area contributed by atoms with Gasteiger partial charge in [0.2, 0.25) is 0 Å². The predicted octanol–water partition coefficient (Wildman–Crippen LogP) is 3.27. The number of hydrogen-bond acceptors (Lipinski definition) is 3. The van der Waals surface area contributed by atoms with Crippen LogP contribution in [0.25, 0.3) is 0 Å². The first kappa shape index (κ1) is 14.3. The predicted molar refractivity (Wildman–Crippen MR) is 56.9 cm³/mol. The summed E-state index contributed by atoms with van der Waals surface area (Å²) in [5, 5.41) is 8.59. The lowest BCUT2D eigenvalue weighted by Gasteiger charge is -2.11. The van der Waals surface area contributed by atoms with Gasteiger partial charge in [-0.15, -0.1) is 0 Å². The zero-order valence-electron chi connectivity index (χ0n) is 7.72. The van der Waals surface area contributed by atoms with E-state index in [1.54, 1.807) is 0 Å². The van der Waals surface area contributed by atoms with E-state index >= 15 is 0 Å². The molecule has 0 aromatic heterocycles. The third kappa shape index (κ3) is 3.12. The lowest BCUT2D eigenvalue weighted by Crippen LogP contribution is -2.10. The second-order valence-corrected chi connectivity index (χ2v) is 6.30. The lowest BCUT2D eigenvalue weighted by atomic mass is 10.1. The monoisotopic (exact) mass is 347 g/mol. The number of nitriles is 1. The summed E-state index contributed by atoms with van der Waals surface area (Å²) in [6.07, 6.45) is -4.84. The Morgan fingerprint density at radius 3 is 2.24 bits per heavy atom. The number of benzene rings is 1. The van der Waals surface area contributed by atoms with Crippen molar-refractivity contribution in [1.29, 1.82) is 5.26 Å². The Bertz CT molecular complexity index is 606. The van der Waals surface area contributed by atoms with Crippen LogP contribution in [0.4, 0.5) is 13.2 Å². The molecule has 0 heterocycles. The Hall–Kier alpha value is -0.780. The molecular weight excluding hydrogens is 347 g/mol. The van der Waals surface area contributed by atoms with E-state index in [1.807, 2.05) is 0 Å². The standard InChI is InChI=1S/C8H2BrClF3NO2S/c9-7-2-4(17(10,15)16)1-6(5(7)3-14)8(11,12)13/h1-2H. The maximum absolute atomic E-state index is 12.6. The Morgan fingerprint density at radius 2 is 1.88 bits per heavy atom. The van der Waals surface area contributed by atoms with Crippen molar-refractivity contribution in [3.8, 4) is 6.07 Å². The molecule has 0 atom stereocenters. The molecule has 0 saturated carbocycles. The first-order chi connectivity index (χ1) is 7.57. The Balaban J connectivity index is 3.70. The molecule has 0 aliphatic rings. The van der Waals surface area contributed by atoms with Gasteiger partial charge in [-0.1, -0.05) is 0 Å². The van der Waals surface area contributed by atoms with Crippen LogP contribution < -0.4 is 0 Å². The molecule has 1 aromatic carbocycles. The molecule has 0 fully saturated rings. The number of hydrogen-bond donors (Lipinski definition) is 0. The lowest BCUT2D eigenvalue weighted by molar-refractivity contribution is -0.138. The van der Waals surface area contributed by atoms with Crippen LogP contribution in [0.15, 0.2) is 21.5 Å². The highest BCUT2D eigenvalue weighted by atomic mass is 79.9. The van der Waals surface area contributed by atoms with Crippen LogP contribution in [0.5, 0.6) is 0 Å². The average molecular weight is 349 g/mol. The van der Waals surface area contributed by atoms with Crippen LogP contribution in [0, 0.1) is 11.3 Å². The molecule has 3 nitrogen and oxygen atoms in total. The van der Waals surface area contributed by atoms with Crippen LogP contribution in [-0.4, -0.2) is 8.42 Å². The third-order valence-electron chi connectivity index (χ3n) is 1.76. The van der Waals surface area contributed by atoms with E-state index in [-0.39, 0.29) is 4.47 Å². The average Bonchev–Trinajstić information content (AvgIpc) is 2.13. The first-order valence-corrected chi connectivity index (χ1v) is 6.93. The summed E-state index contributed by atoms with van der Waals surface area (Å²) in [6.45, 7) is 0. The normalized spacial score (nSPS) is 12.2. The minimum Gasteiger partial charge on any atom is -0.207 e. The second-order valence-electron chi connectivity index (χ2n) is 2.88. The van der Waals surface area contributed by atoms with Crippen molar-refractivity contribution in [2.45, 2.75) is 11.1 Å². The maximum atomic E-state index is 12.6. The largest absolute Gasteiger partial charge is 0.417 e. The van der Waals surface area contributed by atoms with Gasteiger partial charge in [-0.2, -0.15) is 18.4 Å². The van der Waals surface area contributed by atoms with Gasteiger partial charge in [0.15, 0.2) is 0 Å². The van der Waals surface area contributed by atoms with Crippen LogP contribution in [0.3, 0.4) is 0 Å². The van der Waals surface area contributed by atoms with Gasteiger partial charge in [0.05, 0.1) is 16.0 Å². The quantitative estimate of drug-likeness (QED) is 0.732. The highest BCUT2D eigenvalue weighted by molar-refractivity contribution is 9.10. The number of halogens is 5. The van der Waals surface area contributed by atoms with E-state index in [2.05, 4.69) is 15.9 Å². The van der Waals surface area contributed by atoms with Crippen LogP contribution in [-0.2, 0) is 15.2 Å². The molecule has 0 bridgehead atoms. The molecule has 17 heavy (non-hydrogen) atoms. The molecule has 0 N–H and O–H groups in total.